The summed E-state index contributed by atoms with van der Waals surface area (Å²) in [6, 6.07) is 0. The van der Waals surface area contributed by atoms with Gasteiger partial charge in [0.15, 0.2) is 16.6 Å². The Kier molecular flexibility index (Phi) is 8.42. The van der Waals surface area contributed by atoms with Gasteiger partial charge in [0, 0.05) is 19.1 Å². The molecule has 0 radical (unpaired) electrons. The lowest BCUT2D eigenvalue weighted by molar-refractivity contribution is -0.111. The van der Waals surface area contributed by atoms with Crippen molar-refractivity contribution in [1.82, 2.24) is 0 Å². The van der Waals surface area contributed by atoms with Crippen LogP contribution in [0.4, 0.5) is 0 Å². The van der Waals surface area contributed by atoms with E-state index in [4.69, 9.17) is 8.85 Å². The van der Waals surface area contributed by atoms with E-state index in [0.717, 1.165) is 19.1 Å². The predicted octanol–water partition coefficient (Wildman–Crippen LogP) is 5.63. The number of carbonyl (C=O) groups is 1. The summed E-state index contributed by atoms with van der Waals surface area (Å²) in [5, 5.41) is 0.435. The minimum atomic E-state index is -1.71. The van der Waals surface area contributed by atoms with Crippen LogP contribution in [0.15, 0.2) is 0 Å². The standard InChI is InChI=1S/C18H40O3Si2/c1-17(2,3)22(7,8)20-13-11-16(15-19)12-14-21-23(9,10)18(4,5)6/h15-16H,11-14H2,1-10H3. The van der Waals surface area contributed by atoms with Gasteiger partial charge >= 0.3 is 0 Å². The lowest BCUT2D eigenvalue weighted by Crippen LogP contribution is -2.41. The van der Waals surface area contributed by atoms with Crippen LogP contribution in [0.3, 0.4) is 0 Å². The minimum absolute atomic E-state index is 0.0459. The van der Waals surface area contributed by atoms with E-state index in [2.05, 4.69) is 67.7 Å². The van der Waals surface area contributed by atoms with Crippen molar-refractivity contribution >= 4 is 22.9 Å². The molecule has 0 saturated carbocycles. The molecule has 0 aliphatic carbocycles. The van der Waals surface area contributed by atoms with Gasteiger partial charge in [0.1, 0.15) is 6.29 Å². The SMILES string of the molecule is CC(C)(C)[Si](C)(C)OCCC(C=O)CCO[Si](C)(C)C(C)(C)C. The maximum Gasteiger partial charge on any atom is 0.191 e. The molecule has 0 spiro atoms. The molecule has 0 aromatic rings. The number of rotatable bonds is 9. The topological polar surface area (TPSA) is 35.5 Å². The molecule has 0 aromatic heterocycles. The van der Waals surface area contributed by atoms with Gasteiger partial charge in [-0.3, -0.25) is 0 Å². The molecular weight excluding hydrogens is 320 g/mol. The average Bonchev–Trinajstić information content (AvgIpc) is 2.33. The molecule has 23 heavy (non-hydrogen) atoms. The summed E-state index contributed by atoms with van der Waals surface area (Å²) >= 11 is 0. The second kappa shape index (κ2) is 8.41. The Morgan fingerprint density at radius 3 is 1.30 bits per heavy atom. The summed E-state index contributed by atoms with van der Waals surface area (Å²) < 4.78 is 12.4. The van der Waals surface area contributed by atoms with Crippen LogP contribution in [0.1, 0.15) is 54.4 Å². The molecule has 0 bridgehead atoms. The van der Waals surface area contributed by atoms with E-state index in [1.54, 1.807) is 0 Å². The first-order valence-electron chi connectivity index (χ1n) is 8.87. The summed E-state index contributed by atoms with van der Waals surface area (Å²) in [6.07, 6.45) is 2.68. The molecule has 5 heteroatoms. The van der Waals surface area contributed by atoms with Crippen molar-refractivity contribution in [3.63, 3.8) is 0 Å². The first-order chi connectivity index (χ1) is 10.1. The van der Waals surface area contributed by atoms with Crippen LogP contribution >= 0.6 is 0 Å². The highest BCUT2D eigenvalue weighted by Gasteiger charge is 2.38. The van der Waals surface area contributed by atoms with Crippen molar-refractivity contribution in [1.29, 1.82) is 0 Å². The highest BCUT2D eigenvalue weighted by atomic mass is 28.4. The van der Waals surface area contributed by atoms with E-state index in [0.29, 0.717) is 13.2 Å². The molecule has 0 aromatic carbocycles. The van der Waals surface area contributed by atoms with Gasteiger partial charge in [-0.2, -0.15) is 0 Å². The molecule has 0 aliphatic heterocycles. The molecular formula is C18H40O3Si2. The molecule has 0 saturated heterocycles. The van der Waals surface area contributed by atoms with Crippen molar-refractivity contribution < 1.29 is 13.6 Å². The lowest BCUT2D eigenvalue weighted by atomic mass is 10.1. The van der Waals surface area contributed by atoms with Crippen LogP contribution in [0.25, 0.3) is 0 Å². The van der Waals surface area contributed by atoms with Gasteiger partial charge in [0.05, 0.1) is 0 Å². The first-order valence-corrected chi connectivity index (χ1v) is 14.7. The molecule has 0 rings (SSSR count). The lowest BCUT2D eigenvalue weighted by Gasteiger charge is -2.37. The van der Waals surface area contributed by atoms with Crippen molar-refractivity contribution in [2.45, 2.75) is 90.6 Å². The van der Waals surface area contributed by atoms with Gasteiger partial charge in [-0.25, -0.2) is 0 Å². The monoisotopic (exact) mass is 360 g/mol. The largest absolute Gasteiger partial charge is 0.417 e. The maximum atomic E-state index is 11.3. The van der Waals surface area contributed by atoms with E-state index >= 15 is 0 Å². The Hall–Kier alpha value is 0.0238. The highest BCUT2D eigenvalue weighted by molar-refractivity contribution is 6.74. The Balaban J connectivity index is 4.27. The fraction of sp³-hybridized carbons (Fsp3) is 0.944. The Labute approximate surface area is 146 Å². The van der Waals surface area contributed by atoms with Gasteiger partial charge in [0.25, 0.3) is 0 Å². The van der Waals surface area contributed by atoms with Crippen LogP contribution < -0.4 is 0 Å². The Morgan fingerprint density at radius 1 is 0.783 bits per heavy atom. The van der Waals surface area contributed by atoms with Crippen molar-refractivity contribution in [3.8, 4) is 0 Å². The molecule has 0 amide bonds. The molecule has 138 valence electrons. The quantitative estimate of drug-likeness (QED) is 0.395. The summed E-state index contributed by atoms with van der Waals surface area (Å²) in [5.74, 6) is 0.0459. The zero-order chi connectivity index (χ0) is 18.5. The second-order valence-corrected chi connectivity index (χ2v) is 19.3. The third-order valence-electron chi connectivity index (χ3n) is 5.71. The number of aldehydes is 1. The molecule has 0 aliphatic rings. The van der Waals surface area contributed by atoms with E-state index in [1.165, 1.54) is 0 Å². The third-order valence-corrected chi connectivity index (χ3v) is 14.8. The third kappa shape index (κ3) is 7.63. The molecule has 0 N–H and O–H groups in total. The second-order valence-electron chi connectivity index (χ2n) is 9.69. The van der Waals surface area contributed by atoms with Crippen molar-refractivity contribution in [2.75, 3.05) is 13.2 Å². The van der Waals surface area contributed by atoms with Crippen LogP contribution in [0.5, 0.6) is 0 Å². The molecule has 0 fully saturated rings. The van der Waals surface area contributed by atoms with Gasteiger partial charge in [0.2, 0.25) is 0 Å². The first kappa shape index (κ1) is 23.0. The van der Waals surface area contributed by atoms with E-state index < -0.39 is 16.6 Å². The Morgan fingerprint density at radius 2 is 1.09 bits per heavy atom. The van der Waals surface area contributed by atoms with Gasteiger partial charge in [-0.05, 0) is 49.1 Å². The van der Waals surface area contributed by atoms with E-state index in [1.807, 2.05) is 0 Å². The molecule has 0 unspecified atom stereocenters. The summed E-state index contributed by atoms with van der Waals surface area (Å²) in [5.41, 5.74) is 0. The molecule has 0 heterocycles. The van der Waals surface area contributed by atoms with Crippen LogP contribution in [0, 0.1) is 5.92 Å². The smallest absolute Gasteiger partial charge is 0.191 e. The average molecular weight is 361 g/mol. The highest BCUT2D eigenvalue weighted by Crippen LogP contribution is 2.37. The number of carbonyl (C=O) groups excluding carboxylic acids is 1. The zero-order valence-corrected chi connectivity index (χ0v) is 19.2. The summed E-state index contributed by atoms with van der Waals surface area (Å²) in [4.78, 5) is 11.3. The molecule has 3 nitrogen and oxygen atoms in total. The van der Waals surface area contributed by atoms with Gasteiger partial charge in [-0.15, -0.1) is 0 Å². The molecule has 0 atom stereocenters. The summed E-state index contributed by atoms with van der Waals surface area (Å²) in [7, 11) is -3.42. The normalized spacial score (nSPS) is 14.4. The minimum Gasteiger partial charge on any atom is -0.417 e. The van der Waals surface area contributed by atoms with Crippen LogP contribution in [-0.4, -0.2) is 36.1 Å². The van der Waals surface area contributed by atoms with Gasteiger partial charge in [-0.1, -0.05) is 41.5 Å². The van der Waals surface area contributed by atoms with Crippen molar-refractivity contribution in [2.24, 2.45) is 5.92 Å². The number of hydrogen-bond acceptors (Lipinski definition) is 3. The fourth-order valence-corrected chi connectivity index (χ4v) is 3.77. The van der Waals surface area contributed by atoms with Crippen molar-refractivity contribution in [3.05, 3.63) is 0 Å². The van der Waals surface area contributed by atoms with E-state index in [9.17, 15) is 4.79 Å². The van der Waals surface area contributed by atoms with Crippen LogP contribution in [-0.2, 0) is 13.6 Å². The van der Waals surface area contributed by atoms with Gasteiger partial charge < -0.3 is 13.6 Å². The van der Waals surface area contributed by atoms with E-state index in [-0.39, 0.29) is 16.0 Å². The predicted molar refractivity (Wildman–Crippen MR) is 105 cm³/mol. The number of hydrogen-bond donors (Lipinski definition) is 0. The summed E-state index contributed by atoms with van der Waals surface area (Å²) in [6.45, 7) is 23.8. The maximum absolute atomic E-state index is 11.3. The van der Waals surface area contributed by atoms with Crippen LogP contribution in [0.2, 0.25) is 36.3 Å². The zero-order valence-electron chi connectivity index (χ0n) is 17.2. The fourth-order valence-electron chi connectivity index (χ4n) is 1.64. The Bertz CT molecular complexity index is 333.